The largest absolute Gasteiger partial charge is 0.413 e. The van der Waals surface area contributed by atoms with Crippen molar-refractivity contribution in [2.45, 2.75) is 137 Å². The van der Waals surface area contributed by atoms with Gasteiger partial charge >= 0.3 is 0 Å². The van der Waals surface area contributed by atoms with Gasteiger partial charge in [0.25, 0.3) is 8.32 Å². The van der Waals surface area contributed by atoms with E-state index >= 15 is 0 Å². The predicted molar refractivity (Wildman–Crippen MR) is 221 cm³/mol. The third-order valence-electron chi connectivity index (χ3n) is 11.3. The van der Waals surface area contributed by atoms with Crippen LogP contribution in [0.5, 0.6) is 0 Å². The van der Waals surface area contributed by atoms with Crippen LogP contribution in [0.15, 0.2) is 85.0 Å². The first-order valence-electron chi connectivity index (χ1n) is 19.0. The Labute approximate surface area is 309 Å². The van der Waals surface area contributed by atoms with Crippen molar-refractivity contribution in [2.24, 2.45) is 23.7 Å². The summed E-state index contributed by atoms with van der Waals surface area (Å²) in [5.41, 5.74) is 0.835. The van der Waals surface area contributed by atoms with Crippen molar-refractivity contribution in [3.05, 3.63) is 85.0 Å². The Hall–Kier alpha value is -2.10. The monoisotopic (exact) mass is 720 g/mol. The fourth-order valence-electron chi connectivity index (χ4n) is 7.06. The van der Waals surface area contributed by atoms with Crippen molar-refractivity contribution in [1.82, 2.24) is 0 Å². The van der Waals surface area contributed by atoms with E-state index < -0.39 is 16.6 Å². The highest BCUT2D eigenvalue weighted by Gasteiger charge is 2.50. The summed E-state index contributed by atoms with van der Waals surface area (Å²) in [6.07, 6.45) is 7.71. The van der Waals surface area contributed by atoms with Crippen molar-refractivity contribution in [3.63, 3.8) is 0 Å². The van der Waals surface area contributed by atoms with Gasteiger partial charge in [-0.2, -0.15) is 0 Å². The molecular formula is C44H72O4Si2. The molecule has 6 heteroatoms. The van der Waals surface area contributed by atoms with Crippen molar-refractivity contribution in [1.29, 1.82) is 0 Å². The number of Topliss-reactive ketones (excluding diaryl/α,β-unsaturated/α-hetero) is 1. The number of carbonyl (C=O) groups is 1. The maximum absolute atomic E-state index is 13.5. The Morgan fingerprint density at radius 3 is 1.78 bits per heavy atom. The van der Waals surface area contributed by atoms with Gasteiger partial charge in [-0.25, -0.2) is 0 Å². The van der Waals surface area contributed by atoms with Gasteiger partial charge in [0.05, 0.1) is 12.2 Å². The molecule has 0 saturated heterocycles. The zero-order chi connectivity index (χ0) is 37.9. The van der Waals surface area contributed by atoms with E-state index in [-0.39, 0.29) is 45.8 Å². The summed E-state index contributed by atoms with van der Waals surface area (Å²) in [6.45, 7) is 33.7. The molecule has 0 saturated carbocycles. The standard InChI is InChI=1S/C44H72O4Si2/c1-16-33(2)24-23-25-34(3)41(45)35(4)32-36(5)42(48-49(14,15)43(7,8)9)37(6)40(46-13)30-31-47-50(44(10,11)12,38-26-19-17-20-27-38)39-28-21-18-22-29-39/h16-22,26-29,32-34,36-37,40,42H,1,23-25,30-31H2,2-15H3/b35-32+/t33-,34-,36+,37+,40+,42-/m0/s1. The van der Waals surface area contributed by atoms with E-state index in [0.29, 0.717) is 12.5 Å². The highest BCUT2D eigenvalue weighted by Crippen LogP contribution is 2.41. The van der Waals surface area contributed by atoms with Crippen molar-refractivity contribution < 1.29 is 18.4 Å². The third-order valence-corrected chi connectivity index (χ3v) is 20.9. The number of ether oxygens (including phenoxy) is 1. The van der Waals surface area contributed by atoms with Gasteiger partial charge in [0.1, 0.15) is 0 Å². The lowest BCUT2D eigenvalue weighted by Gasteiger charge is -2.45. The first-order chi connectivity index (χ1) is 23.2. The number of methoxy groups -OCH3 is 1. The summed E-state index contributed by atoms with van der Waals surface area (Å²) in [5, 5.41) is 2.51. The normalized spacial score (nSPS) is 17.0. The molecule has 4 nitrogen and oxygen atoms in total. The summed E-state index contributed by atoms with van der Waals surface area (Å²) in [6, 6.07) is 21.6. The maximum atomic E-state index is 13.5. The van der Waals surface area contributed by atoms with Gasteiger partial charge in [0.15, 0.2) is 14.1 Å². The molecule has 0 fully saturated rings. The molecule has 280 valence electrons. The van der Waals surface area contributed by atoms with Gasteiger partial charge in [-0.05, 0) is 71.2 Å². The quantitative estimate of drug-likeness (QED) is 0.0776. The Kier molecular flexibility index (Phi) is 16.8. The summed E-state index contributed by atoms with van der Waals surface area (Å²) in [5.74, 6) is 0.823. The minimum atomic E-state index is -2.67. The fraction of sp³-hybridized carbons (Fsp3) is 0.614. The van der Waals surface area contributed by atoms with E-state index in [2.05, 4.69) is 156 Å². The molecule has 0 radical (unpaired) electrons. The molecule has 2 aromatic carbocycles. The number of rotatable bonds is 20. The van der Waals surface area contributed by atoms with Crippen molar-refractivity contribution >= 4 is 32.8 Å². The van der Waals surface area contributed by atoms with E-state index in [1.54, 1.807) is 0 Å². The SMILES string of the molecule is C=C[C@H](C)CCC[C@H](C)C(=O)/C(C)=C/[C@@H](C)[C@H](O[Si](C)(C)C(C)(C)C)[C@H](C)[C@@H](CCO[Si](c1ccccc1)(c1ccccc1)C(C)(C)C)OC. The first kappa shape index (κ1) is 44.1. The number of carbonyl (C=O) groups excluding carboxylic acids is 1. The van der Waals surface area contributed by atoms with Gasteiger partial charge < -0.3 is 13.6 Å². The van der Waals surface area contributed by atoms with Crippen LogP contribution >= 0.6 is 0 Å². The third kappa shape index (κ3) is 11.5. The number of hydrogen-bond donors (Lipinski definition) is 0. The highest BCUT2D eigenvalue weighted by atomic mass is 28.4. The van der Waals surface area contributed by atoms with Gasteiger partial charge in [0, 0.05) is 31.5 Å². The summed E-state index contributed by atoms with van der Waals surface area (Å²) >= 11 is 0. The molecule has 2 aromatic rings. The second-order valence-corrected chi connectivity index (χ2v) is 26.5. The number of hydrogen-bond acceptors (Lipinski definition) is 4. The van der Waals surface area contributed by atoms with E-state index in [1.807, 2.05) is 20.1 Å². The van der Waals surface area contributed by atoms with Gasteiger partial charge in [-0.1, -0.05) is 148 Å². The second-order valence-electron chi connectivity index (χ2n) is 17.4. The van der Waals surface area contributed by atoms with E-state index in [9.17, 15) is 4.79 Å². The molecular weight excluding hydrogens is 649 g/mol. The maximum Gasteiger partial charge on any atom is 0.261 e. The molecule has 0 N–H and O–H groups in total. The summed E-state index contributed by atoms with van der Waals surface area (Å²) < 4.78 is 20.8. The lowest BCUT2D eigenvalue weighted by atomic mass is 9.85. The van der Waals surface area contributed by atoms with Crippen LogP contribution in [0, 0.1) is 23.7 Å². The molecule has 6 atom stereocenters. The molecule has 0 heterocycles. The second kappa shape index (κ2) is 19.1. The minimum Gasteiger partial charge on any atom is -0.413 e. The molecule has 0 bridgehead atoms. The number of allylic oxidation sites excluding steroid dienone is 2. The summed E-state index contributed by atoms with van der Waals surface area (Å²) in [7, 11) is -3.02. The Bertz CT molecular complexity index is 1300. The van der Waals surface area contributed by atoms with Gasteiger partial charge in [-0.3, -0.25) is 4.79 Å². The molecule has 0 aliphatic carbocycles. The van der Waals surface area contributed by atoms with Crippen LogP contribution in [0.1, 0.15) is 102 Å². The fourth-order valence-corrected chi connectivity index (χ4v) is 13.1. The zero-order valence-corrected chi connectivity index (χ0v) is 36.3. The Morgan fingerprint density at radius 1 is 0.820 bits per heavy atom. The van der Waals surface area contributed by atoms with Crippen LogP contribution in [0.25, 0.3) is 0 Å². The molecule has 0 unspecified atom stereocenters. The van der Waals surface area contributed by atoms with Crippen LogP contribution in [-0.2, 0) is 18.4 Å². The van der Waals surface area contributed by atoms with Crippen LogP contribution in [0.4, 0.5) is 0 Å². The van der Waals surface area contributed by atoms with E-state index in [1.165, 1.54) is 10.4 Å². The van der Waals surface area contributed by atoms with Crippen LogP contribution in [0.2, 0.25) is 23.2 Å². The topological polar surface area (TPSA) is 44.8 Å². The highest BCUT2D eigenvalue weighted by molar-refractivity contribution is 6.99. The lowest BCUT2D eigenvalue weighted by Crippen LogP contribution is -2.66. The molecule has 0 aromatic heterocycles. The van der Waals surface area contributed by atoms with E-state index in [0.717, 1.165) is 31.3 Å². The molecule has 0 aliphatic heterocycles. The number of benzene rings is 2. The summed E-state index contributed by atoms with van der Waals surface area (Å²) in [4.78, 5) is 13.5. The van der Waals surface area contributed by atoms with E-state index in [4.69, 9.17) is 13.6 Å². The van der Waals surface area contributed by atoms with Crippen LogP contribution < -0.4 is 10.4 Å². The molecule has 2 rings (SSSR count). The van der Waals surface area contributed by atoms with Crippen molar-refractivity contribution in [3.8, 4) is 0 Å². The van der Waals surface area contributed by atoms with Gasteiger partial charge in [-0.15, -0.1) is 6.58 Å². The average Bonchev–Trinajstić information content (AvgIpc) is 3.06. The Morgan fingerprint density at radius 2 is 1.34 bits per heavy atom. The van der Waals surface area contributed by atoms with Crippen LogP contribution in [-0.4, -0.2) is 48.3 Å². The van der Waals surface area contributed by atoms with Crippen LogP contribution in [0.3, 0.4) is 0 Å². The van der Waals surface area contributed by atoms with Gasteiger partial charge in [0.2, 0.25) is 0 Å². The van der Waals surface area contributed by atoms with Crippen molar-refractivity contribution in [2.75, 3.05) is 13.7 Å². The Balaban J connectivity index is 2.40. The molecule has 0 aliphatic rings. The average molecular weight is 721 g/mol. The zero-order valence-electron chi connectivity index (χ0n) is 34.3. The molecule has 0 amide bonds. The predicted octanol–water partition coefficient (Wildman–Crippen LogP) is 10.8. The number of ketones is 1. The smallest absolute Gasteiger partial charge is 0.261 e. The molecule has 50 heavy (non-hydrogen) atoms. The lowest BCUT2D eigenvalue weighted by molar-refractivity contribution is -0.119. The minimum absolute atomic E-state index is 0.00185. The first-order valence-corrected chi connectivity index (χ1v) is 23.9. The molecule has 0 spiro atoms.